The van der Waals surface area contributed by atoms with Crippen LogP contribution in [0.3, 0.4) is 0 Å². The van der Waals surface area contributed by atoms with Crippen molar-refractivity contribution in [2.45, 2.75) is 24.8 Å². The molecule has 0 aromatic heterocycles. The fraction of sp³-hybridized carbons (Fsp3) is 0.455. The molecule has 9 heteroatoms. The second kappa shape index (κ2) is 5.55. The van der Waals surface area contributed by atoms with Gasteiger partial charge in [-0.15, -0.1) is 0 Å². The predicted molar refractivity (Wildman–Crippen MR) is 53.9 cm³/mol. The van der Waals surface area contributed by atoms with Crippen LogP contribution < -0.4 is 5.73 Å². The van der Waals surface area contributed by atoms with E-state index in [0.717, 1.165) is 0 Å². The minimum atomic E-state index is -5.23. The average molecular weight is 307 g/mol. The molecule has 0 heterocycles. The van der Waals surface area contributed by atoms with E-state index in [0.29, 0.717) is 0 Å². The number of halogens is 8. The average Bonchev–Trinajstić information content (AvgIpc) is 2.25. The third-order valence-corrected chi connectivity index (χ3v) is 2.55. The Labute approximate surface area is 108 Å². The third-order valence-electron chi connectivity index (χ3n) is 2.55. The van der Waals surface area contributed by atoms with Crippen LogP contribution in [0.4, 0.5) is 35.1 Å². The van der Waals surface area contributed by atoms with E-state index in [4.69, 9.17) is 5.73 Å². The van der Waals surface area contributed by atoms with Crippen LogP contribution in [0.15, 0.2) is 12.1 Å². The first-order chi connectivity index (χ1) is 8.98. The molecule has 0 saturated heterocycles. The Morgan fingerprint density at radius 1 is 1.00 bits per heavy atom. The highest BCUT2D eigenvalue weighted by Gasteiger charge is 2.40. The fourth-order valence-electron chi connectivity index (χ4n) is 1.65. The van der Waals surface area contributed by atoms with Gasteiger partial charge in [-0.25, -0.2) is 4.39 Å². The molecule has 0 amide bonds. The smallest absolute Gasteiger partial charge is 0.324 e. The van der Waals surface area contributed by atoms with Crippen LogP contribution in [-0.4, -0.2) is 6.67 Å². The van der Waals surface area contributed by atoms with Crippen molar-refractivity contribution in [2.24, 2.45) is 5.73 Å². The molecule has 114 valence electrons. The van der Waals surface area contributed by atoms with Gasteiger partial charge in [0, 0.05) is 11.6 Å². The summed E-state index contributed by atoms with van der Waals surface area (Å²) in [6, 6.07) is -1.99. The molecule has 2 N–H and O–H groups in total. The minimum absolute atomic E-state index is 0.0807. The summed E-state index contributed by atoms with van der Waals surface area (Å²) in [5.74, 6) is -1.76. The molecule has 20 heavy (non-hydrogen) atoms. The van der Waals surface area contributed by atoms with Gasteiger partial charge in [0.25, 0.3) is 0 Å². The van der Waals surface area contributed by atoms with E-state index in [1.54, 1.807) is 0 Å². The first-order valence-corrected chi connectivity index (χ1v) is 5.28. The summed E-state index contributed by atoms with van der Waals surface area (Å²) in [4.78, 5) is 0. The molecule has 0 unspecified atom stereocenters. The van der Waals surface area contributed by atoms with Gasteiger partial charge >= 0.3 is 12.4 Å². The molecule has 1 rings (SSSR count). The molecule has 0 aliphatic carbocycles. The molecule has 0 radical (unpaired) electrons. The van der Waals surface area contributed by atoms with Crippen LogP contribution in [0.2, 0.25) is 0 Å². The summed E-state index contributed by atoms with van der Waals surface area (Å²) in [5, 5.41) is 0. The highest BCUT2D eigenvalue weighted by molar-refractivity contribution is 5.38. The second-order valence-electron chi connectivity index (χ2n) is 4.00. The van der Waals surface area contributed by atoms with E-state index >= 15 is 0 Å². The SMILES string of the molecule is N[C@@H](CCF)c1c(F)cc(C(F)(F)F)cc1C(F)(F)F. The van der Waals surface area contributed by atoms with Crippen LogP contribution in [0, 0.1) is 5.82 Å². The number of hydrogen-bond acceptors (Lipinski definition) is 1. The summed E-state index contributed by atoms with van der Waals surface area (Å²) in [5.41, 5.74) is 0.417. The topological polar surface area (TPSA) is 26.0 Å². The first-order valence-electron chi connectivity index (χ1n) is 5.28. The summed E-state index contributed by atoms with van der Waals surface area (Å²) in [6.07, 6.45) is -11.0. The van der Waals surface area contributed by atoms with Crippen molar-refractivity contribution in [1.82, 2.24) is 0 Å². The van der Waals surface area contributed by atoms with Gasteiger partial charge in [-0.3, -0.25) is 4.39 Å². The standard InChI is InChI=1S/C11H9F8N/c12-2-1-8(20)9-6(11(17,18)19)3-5(4-7(9)13)10(14,15)16/h3-4,8H,1-2,20H2/t8-/m0/s1. The Morgan fingerprint density at radius 3 is 1.95 bits per heavy atom. The lowest BCUT2D eigenvalue weighted by Crippen LogP contribution is -2.21. The highest BCUT2D eigenvalue weighted by Crippen LogP contribution is 2.40. The van der Waals surface area contributed by atoms with Gasteiger partial charge in [-0.1, -0.05) is 0 Å². The molecular weight excluding hydrogens is 298 g/mol. The molecule has 0 spiro atoms. The van der Waals surface area contributed by atoms with Crippen molar-refractivity contribution >= 4 is 0 Å². The normalized spacial score (nSPS) is 14.4. The van der Waals surface area contributed by atoms with Crippen molar-refractivity contribution in [1.29, 1.82) is 0 Å². The molecule has 1 aromatic carbocycles. The lowest BCUT2D eigenvalue weighted by molar-refractivity contribution is -0.144. The van der Waals surface area contributed by atoms with Gasteiger partial charge in [0.1, 0.15) is 5.82 Å². The Kier molecular flexibility index (Phi) is 4.62. The van der Waals surface area contributed by atoms with Gasteiger partial charge in [0.15, 0.2) is 0 Å². The van der Waals surface area contributed by atoms with E-state index in [1.807, 2.05) is 0 Å². The first kappa shape index (κ1) is 16.7. The molecule has 0 aliphatic heterocycles. The molecule has 0 aliphatic rings. The maximum absolute atomic E-state index is 13.5. The highest BCUT2D eigenvalue weighted by atomic mass is 19.4. The molecule has 1 nitrogen and oxygen atoms in total. The summed E-state index contributed by atoms with van der Waals surface area (Å²) in [7, 11) is 0. The zero-order valence-electron chi connectivity index (χ0n) is 9.75. The Balaban J connectivity index is 3.52. The van der Waals surface area contributed by atoms with Crippen molar-refractivity contribution in [3.63, 3.8) is 0 Å². The number of rotatable bonds is 3. The quantitative estimate of drug-likeness (QED) is 0.831. The predicted octanol–water partition coefficient (Wildman–Crippen LogP) is 4.22. The summed E-state index contributed by atoms with van der Waals surface area (Å²) in [6.45, 7) is -1.13. The van der Waals surface area contributed by atoms with Crippen LogP contribution in [0.25, 0.3) is 0 Å². The number of alkyl halides is 7. The van der Waals surface area contributed by atoms with Crippen LogP contribution in [0.1, 0.15) is 29.2 Å². The zero-order chi connectivity index (χ0) is 15.7. The van der Waals surface area contributed by atoms with Crippen LogP contribution in [-0.2, 0) is 12.4 Å². The van der Waals surface area contributed by atoms with E-state index in [9.17, 15) is 35.1 Å². The molecule has 0 bridgehead atoms. The molecule has 0 fully saturated rings. The second-order valence-corrected chi connectivity index (χ2v) is 4.00. The van der Waals surface area contributed by atoms with Crippen molar-refractivity contribution < 1.29 is 35.1 Å². The number of benzene rings is 1. The lowest BCUT2D eigenvalue weighted by Gasteiger charge is -2.20. The fourth-order valence-corrected chi connectivity index (χ4v) is 1.65. The monoisotopic (exact) mass is 307 g/mol. The van der Waals surface area contributed by atoms with Crippen molar-refractivity contribution in [2.75, 3.05) is 6.67 Å². The van der Waals surface area contributed by atoms with E-state index < -0.39 is 54.0 Å². The minimum Gasteiger partial charge on any atom is -0.324 e. The maximum atomic E-state index is 13.5. The lowest BCUT2D eigenvalue weighted by atomic mass is 9.95. The van der Waals surface area contributed by atoms with E-state index in [2.05, 4.69) is 0 Å². The van der Waals surface area contributed by atoms with Gasteiger partial charge < -0.3 is 5.73 Å². The van der Waals surface area contributed by atoms with E-state index in [-0.39, 0.29) is 12.1 Å². The third kappa shape index (κ3) is 3.59. The van der Waals surface area contributed by atoms with Gasteiger partial charge in [0.05, 0.1) is 17.8 Å². The zero-order valence-corrected chi connectivity index (χ0v) is 9.75. The molecule has 1 atom stereocenters. The maximum Gasteiger partial charge on any atom is 0.416 e. The number of hydrogen-bond donors (Lipinski definition) is 1. The van der Waals surface area contributed by atoms with Crippen LogP contribution >= 0.6 is 0 Å². The van der Waals surface area contributed by atoms with Gasteiger partial charge in [-0.05, 0) is 18.6 Å². The Hall–Kier alpha value is -1.38. The van der Waals surface area contributed by atoms with Crippen molar-refractivity contribution in [3.05, 3.63) is 34.6 Å². The molecule has 0 saturated carbocycles. The summed E-state index contributed by atoms with van der Waals surface area (Å²) >= 11 is 0. The van der Waals surface area contributed by atoms with Crippen LogP contribution in [0.5, 0.6) is 0 Å². The van der Waals surface area contributed by atoms with Crippen molar-refractivity contribution in [3.8, 4) is 0 Å². The molecular formula is C11H9F8N. The summed E-state index contributed by atoms with van der Waals surface area (Å²) < 4.78 is 101. The Bertz CT molecular complexity index is 477. The van der Waals surface area contributed by atoms with Gasteiger partial charge in [-0.2, -0.15) is 26.3 Å². The number of nitrogens with two attached hydrogens (primary N) is 1. The van der Waals surface area contributed by atoms with E-state index in [1.165, 1.54) is 0 Å². The van der Waals surface area contributed by atoms with Gasteiger partial charge in [0.2, 0.25) is 0 Å². The largest absolute Gasteiger partial charge is 0.416 e. The Morgan fingerprint density at radius 2 is 1.55 bits per heavy atom. The molecule has 1 aromatic rings.